The molecule has 0 fully saturated rings. The fraction of sp³-hybridized carbons (Fsp3) is 0.381. The minimum Gasteiger partial charge on any atom is -0.370 e. The maximum Gasteiger partial charge on any atom is 0.321 e. The molecule has 1 aliphatic heterocycles. The minimum absolute atomic E-state index is 0.0125. The maximum absolute atomic E-state index is 12.7. The van der Waals surface area contributed by atoms with Gasteiger partial charge in [0, 0.05) is 37.6 Å². The highest BCUT2D eigenvalue weighted by molar-refractivity contribution is 5.93. The summed E-state index contributed by atoms with van der Waals surface area (Å²) in [7, 11) is 0. The number of fused-ring (bicyclic) bond motifs is 1. The molecule has 1 N–H and O–H groups in total. The van der Waals surface area contributed by atoms with Crippen LogP contribution in [0.2, 0.25) is 0 Å². The smallest absolute Gasteiger partial charge is 0.321 e. The predicted octanol–water partition coefficient (Wildman–Crippen LogP) is 4.07. The van der Waals surface area contributed by atoms with Crippen molar-refractivity contribution < 1.29 is 4.79 Å². The van der Waals surface area contributed by atoms with Crippen molar-refractivity contribution in [1.82, 2.24) is 5.32 Å². The minimum atomic E-state index is 0.0125. The molecule has 3 rings (SSSR count). The van der Waals surface area contributed by atoms with Crippen LogP contribution in [0.15, 0.2) is 54.6 Å². The Labute approximate surface area is 150 Å². The summed E-state index contributed by atoms with van der Waals surface area (Å²) >= 11 is 0. The van der Waals surface area contributed by atoms with Crippen molar-refractivity contribution in [1.29, 1.82) is 0 Å². The molecule has 0 spiro atoms. The molecule has 2 aromatic rings. The zero-order chi connectivity index (χ0) is 17.5. The molecule has 0 unspecified atom stereocenters. The number of urea groups is 1. The molecule has 4 heteroatoms. The Kier molecular flexibility index (Phi) is 5.94. The summed E-state index contributed by atoms with van der Waals surface area (Å²) in [6, 6.07) is 18.6. The molecule has 0 saturated carbocycles. The maximum atomic E-state index is 12.7. The average molecular weight is 337 g/mol. The summed E-state index contributed by atoms with van der Waals surface area (Å²) in [5, 5.41) is 3.10. The number of nitrogens with one attached hydrogen (secondary N) is 1. The van der Waals surface area contributed by atoms with E-state index in [0.29, 0.717) is 6.54 Å². The highest BCUT2D eigenvalue weighted by Gasteiger charge is 2.20. The molecule has 2 aromatic carbocycles. The molecule has 0 atom stereocenters. The van der Waals surface area contributed by atoms with Gasteiger partial charge in [0.1, 0.15) is 0 Å². The number of para-hydroxylation sites is 2. The van der Waals surface area contributed by atoms with Gasteiger partial charge in [0.15, 0.2) is 0 Å². The topological polar surface area (TPSA) is 35.6 Å². The first-order chi connectivity index (χ1) is 12.3. The van der Waals surface area contributed by atoms with E-state index < -0.39 is 0 Å². The summed E-state index contributed by atoms with van der Waals surface area (Å²) in [5.74, 6) is 0. The second-order valence-corrected chi connectivity index (χ2v) is 6.38. The van der Waals surface area contributed by atoms with Crippen molar-refractivity contribution in [2.75, 3.05) is 36.0 Å². The van der Waals surface area contributed by atoms with Crippen LogP contribution < -0.4 is 15.1 Å². The van der Waals surface area contributed by atoms with Gasteiger partial charge >= 0.3 is 6.03 Å². The van der Waals surface area contributed by atoms with Crippen molar-refractivity contribution in [3.8, 4) is 0 Å². The van der Waals surface area contributed by atoms with Gasteiger partial charge in [-0.15, -0.1) is 0 Å². The van der Waals surface area contributed by atoms with Gasteiger partial charge in [0.2, 0.25) is 0 Å². The Hall–Kier alpha value is -2.49. The predicted molar refractivity (Wildman–Crippen MR) is 104 cm³/mol. The standard InChI is InChI=1S/C21H27N3O/c1-2-23(19-12-4-3-5-13-19)17-15-22-21(25)24-16-9-8-11-18-10-6-7-14-20(18)24/h3-7,10,12-14H,2,8-9,11,15-17H2,1H3,(H,22,25). The van der Waals surface area contributed by atoms with Crippen LogP contribution in [0.1, 0.15) is 25.3 Å². The van der Waals surface area contributed by atoms with Crippen LogP contribution in [-0.4, -0.2) is 32.2 Å². The lowest BCUT2D eigenvalue weighted by atomic mass is 10.1. The number of nitrogens with zero attached hydrogens (tertiary/aromatic N) is 2. The van der Waals surface area contributed by atoms with Crippen molar-refractivity contribution >= 4 is 17.4 Å². The zero-order valence-electron chi connectivity index (χ0n) is 14.9. The van der Waals surface area contributed by atoms with Crippen molar-refractivity contribution in [3.05, 3.63) is 60.2 Å². The van der Waals surface area contributed by atoms with E-state index >= 15 is 0 Å². The van der Waals surface area contributed by atoms with Gasteiger partial charge < -0.3 is 10.2 Å². The number of anilines is 2. The monoisotopic (exact) mass is 337 g/mol. The third-order valence-electron chi connectivity index (χ3n) is 4.77. The second-order valence-electron chi connectivity index (χ2n) is 6.38. The fourth-order valence-electron chi connectivity index (χ4n) is 3.40. The van der Waals surface area contributed by atoms with Crippen LogP contribution >= 0.6 is 0 Å². The lowest BCUT2D eigenvalue weighted by Gasteiger charge is -2.26. The normalized spacial score (nSPS) is 13.7. The van der Waals surface area contributed by atoms with Crippen LogP contribution in [0.5, 0.6) is 0 Å². The van der Waals surface area contributed by atoms with Gasteiger partial charge in [-0.05, 0) is 49.9 Å². The molecule has 1 heterocycles. The molecule has 0 aromatic heterocycles. The summed E-state index contributed by atoms with van der Waals surface area (Å²) < 4.78 is 0. The average Bonchev–Trinajstić information content (AvgIpc) is 2.88. The molecule has 0 saturated heterocycles. The van der Waals surface area contributed by atoms with Crippen LogP contribution in [0, 0.1) is 0 Å². The van der Waals surface area contributed by atoms with Crippen molar-refractivity contribution in [2.45, 2.75) is 26.2 Å². The summed E-state index contributed by atoms with van der Waals surface area (Å²) in [6.07, 6.45) is 3.24. The van der Waals surface area contributed by atoms with E-state index in [1.54, 1.807) is 0 Å². The van der Waals surface area contributed by atoms with E-state index in [-0.39, 0.29) is 6.03 Å². The number of carbonyl (C=O) groups is 1. The highest BCUT2D eigenvalue weighted by Crippen LogP contribution is 2.26. The van der Waals surface area contributed by atoms with E-state index in [1.165, 1.54) is 11.3 Å². The SMILES string of the molecule is CCN(CCNC(=O)N1CCCCc2ccccc21)c1ccccc1. The lowest BCUT2D eigenvalue weighted by Crippen LogP contribution is -2.43. The Morgan fingerprint density at radius 3 is 2.64 bits per heavy atom. The van der Waals surface area contributed by atoms with Crippen LogP contribution in [0.25, 0.3) is 0 Å². The van der Waals surface area contributed by atoms with Gasteiger partial charge in [0.25, 0.3) is 0 Å². The number of amides is 2. The van der Waals surface area contributed by atoms with E-state index in [4.69, 9.17) is 0 Å². The van der Waals surface area contributed by atoms with Gasteiger partial charge in [0.05, 0.1) is 0 Å². The number of aryl methyl sites for hydroxylation is 1. The van der Waals surface area contributed by atoms with Gasteiger partial charge in [-0.3, -0.25) is 4.90 Å². The van der Waals surface area contributed by atoms with Gasteiger partial charge in [-0.1, -0.05) is 36.4 Å². The third kappa shape index (κ3) is 4.32. The van der Waals surface area contributed by atoms with Crippen LogP contribution in [-0.2, 0) is 6.42 Å². The molecule has 0 bridgehead atoms. The fourth-order valence-corrected chi connectivity index (χ4v) is 3.40. The molecule has 0 radical (unpaired) electrons. The Morgan fingerprint density at radius 2 is 1.84 bits per heavy atom. The Morgan fingerprint density at radius 1 is 1.08 bits per heavy atom. The first-order valence-electron chi connectivity index (χ1n) is 9.23. The number of likely N-dealkylation sites (N-methyl/N-ethyl adjacent to an activating group) is 1. The van der Waals surface area contributed by atoms with Gasteiger partial charge in [-0.2, -0.15) is 0 Å². The largest absolute Gasteiger partial charge is 0.370 e. The molecule has 2 amide bonds. The summed E-state index contributed by atoms with van der Waals surface area (Å²) in [4.78, 5) is 16.9. The van der Waals surface area contributed by atoms with E-state index in [1.807, 2.05) is 29.2 Å². The Bertz CT molecular complexity index is 687. The highest BCUT2D eigenvalue weighted by atomic mass is 16.2. The molecular formula is C21H27N3O. The zero-order valence-corrected chi connectivity index (χ0v) is 14.9. The number of hydrogen-bond donors (Lipinski definition) is 1. The number of hydrogen-bond acceptors (Lipinski definition) is 2. The third-order valence-corrected chi connectivity index (χ3v) is 4.77. The molecule has 132 valence electrons. The van der Waals surface area contributed by atoms with Crippen molar-refractivity contribution in [3.63, 3.8) is 0 Å². The first-order valence-corrected chi connectivity index (χ1v) is 9.23. The summed E-state index contributed by atoms with van der Waals surface area (Å²) in [5.41, 5.74) is 3.53. The molecule has 0 aliphatic carbocycles. The van der Waals surface area contributed by atoms with E-state index in [2.05, 4.69) is 47.5 Å². The number of benzene rings is 2. The van der Waals surface area contributed by atoms with Gasteiger partial charge in [-0.25, -0.2) is 4.79 Å². The van der Waals surface area contributed by atoms with Crippen LogP contribution in [0.4, 0.5) is 16.2 Å². The molecule has 4 nitrogen and oxygen atoms in total. The first kappa shape index (κ1) is 17.3. The van der Waals surface area contributed by atoms with Crippen molar-refractivity contribution in [2.24, 2.45) is 0 Å². The quantitative estimate of drug-likeness (QED) is 0.893. The van der Waals surface area contributed by atoms with E-state index in [0.717, 1.165) is 44.6 Å². The van der Waals surface area contributed by atoms with Crippen LogP contribution in [0.3, 0.4) is 0 Å². The molecular weight excluding hydrogens is 310 g/mol. The molecule has 1 aliphatic rings. The molecule has 25 heavy (non-hydrogen) atoms. The Balaban J connectivity index is 1.59. The number of carbonyl (C=O) groups excluding carboxylic acids is 1. The second kappa shape index (κ2) is 8.56. The summed E-state index contributed by atoms with van der Waals surface area (Å²) in [6.45, 7) is 5.30. The number of rotatable bonds is 5. The van der Waals surface area contributed by atoms with E-state index in [9.17, 15) is 4.79 Å². The lowest BCUT2D eigenvalue weighted by molar-refractivity contribution is 0.246.